The zero-order valence-corrected chi connectivity index (χ0v) is 11.9. The van der Waals surface area contributed by atoms with E-state index in [9.17, 15) is 4.79 Å². The van der Waals surface area contributed by atoms with E-state index in [0.717, 1.165) is 12.8 Å². The van der Waals surface area contributed by atoms with Crippen LogP contribution in [0.4, 0.5) is 5.69 Å². The van der Waals surface area contributed by atoms with Crippen molar-refractivity contribution in [3.05, 3.63) is 18.2 Å². The maximum absolute atomic E-state index is 12.4. The van der Waals surface area contributed by atoms with Gasteiger partial charge in [-0.05, 0) is 44.4 Å². The maximum atomic E-state index is 12.4. The average molecular weight is 274 g/mol. The number of fused-ring (bicyclic) bond motifs is 2. The molecule has 2 bridgehead atoms. The molecule has 1 aromatic rings. The molecular formula is C15H22N4O. The largest absolute Gasteiger partial charge is 0.327 e. The zero-order valence-electron chi connectivity index (χ0n) is 11.9. The monoisotopic (exact) mass is 274 g/mol. The lowest BCUT2D eigenvalue weighted by molar-refractivity contribution is -0.122. The first-order chi connectivity index (χ1) is 9.63. The van der Waals surface area contributed by atoms with Crippen molar-refractivity contribution in [2.75, 3.05) is 5.32 Å². The van der Waals surface area contributed by atoms with Gasteiger partial charge in [-0.25, -0.2) is 9.97 Å². The molecular weight excluding hydrogens is 252 g/mol. The Bertz CT molecular complexity index is 473. The smallest absolute Gasteiger partial charge is 0.227 e. The first-order valence-electron chi connectivity index (χ1n) is 7.48. The fourth-order valence-electron chi connectivity index (χ4n) is 3.70. The van der Waals surface area contributed by atoms with E-state index in [1.54, 1.807) is 12.4 Å². The van der Waals surface area contributed by atoms with Crippen LogP contribution in [-0.4, -0.2) is 21.9 Å². The van der Waals surface area contributed by atoms with Crippen molar-refractivity contribution in [1.82, 2.24) is 9.97 Å². The van der Waals surface area contributed by atoms with Crippen LogP contribution < -0.4 is 11.1 Å². The van der Waals surface area contributed by atoms with E-state index in [1.165, 1.54) is 19.3 Å². The Kier molecular flexibility index (Phi) is 3.70. The second-order valence-corrected chi connectivity index (χ2v) is 6.20. The van der Waals surface area contributed by atoms with Crippen LogP contribution in [0.25, 0.3) is 0 Å². The van der Waals surface area contributed by atoms with Crippen LogP contribution in [-0.2, 0) is 4.79 Å². The SMILES string of the molecule is Cc1ncc(NC(=O)C2CC3CCCC(C2)C3N)cn1. The molecule has 0 saturated heterocycles. The molecule has 2 unspecified atom stereocenters. The van der Waals surface area contributed by atoms with Gasteiger partial charge >= 0.3 is 0 Å². The van der Waals surface area contributed by atoms with E-state index in [1.807, 2.05) is 6.92 Å². The summed E-state index contributed by atoms with van der Waals surface area (Å²) in [5.41, 5.74) is 6.95. The third-order valence-electron chi connectivity index (χ3n) is 4.83. The molecule has 0 aromatic carbocycles. The maximum Gasteiger partial charge on any atom is 0.227 e. The minimum atomic E-state index is 0.0893. The number of aromatic nitrogens is 2. The van der Waals surface area contributed by atoms with Gasteiger partial charge in [-0.1, -0.05) is 6.42 Å². The standard InChI is InChI=1S/C15H22N4O/c1-9-17-7-13(8-18-9)19-15(20)12-5-10-3-2-4-11(6-12)14(10)16/h7-8,10-12,14H,2-6,16H2,1H3,(H,19,20). The molecule has 2 saturated carbocycles. The molecule has 5 nitrogen and oxygen atoms in total. The number of hydrogen-bond donors (Lipinski definition) is 2. The number of anilines is 1. The summed E-state index contributed by atoms with van der Waals surface area (Å²) in [4.78, 5) is 20.6. The van der Waals surface area contributed by atoms with Crippen LogP contribution in [0, 0.1) is 24.7 Å². The molecule has 2 aliphatic rings. The van der Waals surface area contributed by atoms with Crippen LogP contribution in [0.15, 0.2) is 12.4 Å². The van der Waals surface area contributed by atoms with Crippen LogP contribution in [0.1, 0.15) is 37.9 Å². The molecule has 1 aromatic heterocycles. The topological polar surface area (TPSA) is 80.9 Å². The highest BCUT2D eigenvalue weighted by molar-refractivity contribution is 5.92. The third-order valence-corrected chi connectivity index (χ3v) is 4.83. The molecule has 3 N–H and O–H groups in total. The predicted octanol–water partition coefficient (Wildman–Crippen LogP) is 1.88. The quantitative estimate of drug-likeness (QED) is 0.862. The van der Waals surface area contributed by atoms with Gasteiger partial charge in [-0.3, -0.25) is 4.79 Å². The van der Waals surface area contributed by atoms with E-state index < -0.39 is 0 Å². The molecule has 1 heterocycles. The van der Waals surface area contributed by atoms with Crippen molar-refractivity contribution >= 4 is 11.6 Å². The van der Waals surface area contributed by atoms with Crippen molar-refractivity contribution in [2.45, 2.75) is 45.1 Å². The summed E-state index contributed by atoms with van der Waals surface area (Å²) in [7, 11) is 0. The van der Waals surface area contributed by atoms with E-state index >= 15 is 0 Å². The number of amides is 1. The zero-order chi connectivity index (χ0) is 14.1. The van der Waals surface area contributed by atoms with Gasteiger partial charge in [0.15, 0.2) is 0 Å². The summed E-state index contributed by atoms with van der Waals surface area (Å²) < 4.78 is 0. The third kappa shape index (κ3) is 2.68. The number of aryl methyl sites for hydroxylation is 1. The molecule has 2 aliphatic carbocycles. The molecule has 1 amide bonds. The number of carbonyl (C=O) groups is 1. The summed E-state index contributed by atoms with van der Waals surface area (Å²) in [6, 6.07) is 0.301. The Morgan fingerprint density at radius 3 is 2.45 bits per heavy atom. The van der Waals surface area contributed by atoms with E-state index in [2.05, 4.69) is 15.3 Å². The van der Waals surface area contributed by atoms with Crippen molar-refractivity contribution < 1.29 is 4.79 Å². The van der Waals surface area contributed by atoms with Crippen LogP contribution >= 0.6 is 0 Å². The van der Waals surface area contributed by atoms with E-state index in [-0.39, 0.29) is 11.8 Å². The highest BCUT2D eigenvalue weighted by atomic mass is 16.1. The van der Waals surface area contributed by atoms with Gasteiger partial charge in [0.25, 0.3) is 0 Å². The van der Waals surface area contributed by atoms with Gasteiger partial charge in [0.1, 0.15) is 5.82 Å². The molecule has 108 valence electrons. The minimum Gasteiger partial charge on any atom is -0.327 e. The van der Waals surface area contributed by atoms with Gasteiger partial charge < -0.3 is 11.1 Å². The number of nitrogens with two attached hydrogens (primary N) is 1. The minimum absolute atomic E-state index is 0.0893. The van der Waals surface area contributed by atoms with Gasteiger partial charge in [0.05, 0.1) is 18.1 Å². The number of nitrogens with one attached hydrogen (secondary N) is 1. The van der Waals surface area contributed by atoms with Crippen LogP contribution in [0.3, 0.4) is 0 Å². The van der Waals surface area contributed by atoms with E-state index in [0.29, 0.717) is 29.4 Å². The molecule has 0 spiro atoms. The summed E-state index contributed by atoms with van der Waals surface area (Å²) in [6.07, 6.45) is 8.80. The van der Waals surface area contributed by atoms with E-state index in [4.69, 9.17) is 5.73 Å². The molecule has 5 heteroatoms. The number of nitrogens with zero attached hydrogens (tertiary/aromatic N) is 2. The van der Waals surface area contributed by atoms with Crippen molar-refractivity contribution in [3.63, 3.8) is 0 Å². The lowest BCUT2D eigenvalue weighted by Gasteiger charge is -2.43. The predicted molar refractivity (Wildman–Crippen MR) is 76.9 cm³/mol. The second kappa shape index (κ2) is 5.48. The van der Waals surface area contributed by atoms with Gasteiger partial charge in [0.2, 0.25) is 5.91 Å². The molecule has 2 fully saturated rings. The highest BCUT2D eigenvalue weighted by Crippen LogP contribution is 2.42. The molecule has 20 heavy (non-hydrogen) atoms. The normalized spacial score (nSPS) is 32.7. The number of rotatable bonds is 2. The van der Waals surface area contributed by atoms with Gasteiger partial charge in [-0.2, -0.15) is 0 Å². The lowest BCUT2D eigenvalue weighted by Crippen LogP contribution is -2.48. The van der Waals surface area contributed by atoms with Crippen LogP contribution in [0.5, 0.6) is 0 Å². The highest BCUT2D eigenvalue weighted by Gasteiger charge is 2.40. The number of hydrogen-bond acceptors (Lipinski definition) is 4. The lowest BCUT2D eigenvalue weighted by atomic mass is 9.65. The van der Waals surface area contributed by atoms with Gasteiger partial charge in [0, 0.05) is 12.0 Å². The van der Waals surface area contributed by atoms with Crippen molar-refractivity contribution in [3.8, 4) is 0 Å². The Hall–Kier alpha value is -1.49. The molecule has 0 radical (unpaired) electrons. The first kappa shape index (κ1) is 13.5. The molecule has 2 atom stereocenters. The van der Waals surface area contributed by atoms with Crippen molar-refractivity contribution in [2.24, 2.45) is 23.5 Å². The van der Waals surface area contributed by atoms with Gasteiger partial charge in [-0.15, -0.1) is 0 Å². The summed E-state index contributed by atoms with van der Waals surface area (Å²) in [5, 5.41) is 2.94. The van der Waals surface area contributed by atoms with Crippen LogP contribution in [0.2, 0.25) is 0 Å². The Morgan fingerprint density at radius 1 is 1.25 bits per heavy atom. The summed E-state index contributed by atoms with van der Waals surface area (Å²) in [6.45, 7) is 1.83. The summed E-state index contributed by atoms with van der Waals surface area (Å²) >= 11 is 0. The summed E-state index contributed by atoms with van der Waals surface area (Å²) in [5.74, 6) is 1.94. The molecule has 0 aliphatic heterocycles. The first-order valence-corrected chi connectivity index (χ1v) is 7.48. The second-order valence-electron chi connectivity index (χ2n) is 6.20. The van der Waals surface area contributed by atoms with Crippen molar-refractivity contribution in [1.29, 1.82) is 0 Å². The Labute approximate surface area is 119 Å². The Balaban J connectivity index is 1.64. The Morgan fingerprint density at radius 2 is 1.85 bits per heavy atom. The fourth-order valence-corrected chi connectivity index (χ4v) is 3.70. The average Bonchev–Trinajstić information content (AvgIpc) is 2.41. The number of carbonyl (C=O) groups excluding carboxylic acids is 1. The molecule has 3 rings (SSSR count). The fraction of sp³-hybridized carbons (Fsp3) is 0.667.